The lowest BCUT2D eigenvalue weighted by atomic mass is 9.84. The summed E-state index contributed by atoms with van der Waals surface area (Å²) in [5.41, 5.74) is 1.63. The lowest BCUT2D eigenvalue weighted by molar-refractivity contribution is -0.184. The molecule has 1 aliphatic rings. The van der Waals surface area contributed by atoms with Crippen molar-refractivity contribution in [3.8, 4) is 0 Å². The fourth-order valence-electron chi connectivity index (χ4n) is 2.51. The van der Waals surface area contributed by atoms with E-state index in [2.05, 4.69) is 10.3 Å². The number of aromatic nitrogens is 1. The van der Waals surface area contributed by atoms with Crippen LogP contribution in [0.2, 0.25) is 0 Å². The van der Waals surface area contributed by atoms with Crippen LogP contribution in [0.15, 0.2) is 18.5 Å². The smallest absolute Gasteiger partial charge is 0.380 e. The van der Waals surface area contributed by atoms with Crippen molar-refractivity contribution in [2.24, 2.45) is 5.92 Å². The molecule has 0 aliphatic heterocycles. The average Bonchev–Trinajstić information content (AvgIpc) is 2.31. The normalized spacial score (nSPS) is 24.9. The zero-order valence-electron chi connectivity index (χ0n) is 10.3. The minimum atomic E-state index is -4.12. The summed E-state index contributed by atoms with van der Waals surface area (Å²) in [4.78, 5) is 3.95. The summed E-state index contributed by atoms with van der Waals surface area (Å²) in [6.07, 6.45) is 1.42. The van der Waals surface area contributed by atoms with E-state index in [1.807, 2.05) is 6.92 Å². The summed E-state index contributed by atoms with van der Waals surface area (Å²) in [5, 5.41) is 3.02. The van der Waals surface area contributed by atoms with Crippen molar-refractivity contribution < 1.29 is 13.2 Å². The highest BCUT2D eigenvalue weighted by Gasteiger charge is 2.45. The number of nitrogens with zero attached hydrogens (tertiary/aromatic N) is 1. The maximum atomic E-state index is 12.9. The van der Waals surface area contributed by atoms with Crippen LogP contribution in [0.1, 0.15) is 31.2 Å². The quantitative estimate of drug-likeness (QED) is 0.869. The SMILES string of the molecule is Cc1ccncc1NC1CCCCC1C(F)(F)F. The first-order valence-corrected chi connectivity index (χ1v) is 6.22. The Bertz CT molecular complexity index is 403. The van der Waals surface area contributed by atoms with Crippen LogP contribution in [0.3, 0.4) is 0 Å². The van der Waals surface area contributed by atoms with Crippen LogP contribution in [0.4, 0.5) is 18.9 Å². The maximum absolute atomic E-state index is 12.9. The zero-order chi connectivity index (χ0) is 13.2. The van der Waals surface area contributed by atoms with Gasteiger partial charge in [-0.2, -0.15) is 13.2 Å². The van der Waals surface area contributed by atoms with E-state index in [4.69, 9.17) is 0 Å². The van der Waals surface area contributed by atoms with E-state index >= 15 is 0 Å². The molecule has 0 saturated heterocycles. The molecular formula is C13H17F3N2. The van der Waals surface area contributed by atoms with Crippen LogP contribution in [0.5, 0.6) is 0 Å². The van der Waals surface area contributed by atoms with Gasteiger partial charge in [0.25, 0.3) is 0 Å². The predicted molar refractivity (Wildman–Crippen MR) is 64.4 cm³/mol. The third-order valence-corrected chi connectivity index (χ3v) is 3.57. The van der Waals surface area contributed by atoms with Crippen molar-refractivity contribution in [2.45, 2.75) is 44.8 Å². The Labute approximate surface area is 105 Å². The first-order chi connectivity index (χ1) is 8.48. The van der Waals surface area contributed by atoms with Crippen molar-refractivity contribution >= 4 is 5.69 Å². The molecule has 0 bridgehead atoms. The molecule has 2 nitrogen and oxygen atoms in total. The average molecular weight is 258 g/mol. The minimum Gasteiger partial charge on any atom is -0.380 e. The Hall–Kier alpha value is -1.26. The Kier molecular flexibility index (Phi) is 3.78. The number of pyridine rings is 1. The molecule has 2 atom stereocenters. The Morgan fingerprint density at radius 3 is 2.67 bits per heavy atom. The summed E-state index contributed by atoms with van der Waals surface area (Å²) in [6, 6.07) is 1.27. The van der Waals surface area contributed by atoms with E-state index in [0.29, 0.717) is 18.5 Å². The number of hydrogen-bond donors (Lipinski definition) is 1. The molecule has 0 spiro atoms. The summed E-state index contributed by atoms with van der Waals surface area (Å²) in [6.45, 7) is 1.87. The van der Waals surface area contributed by atoms with Gasteiger partial charge in [-0.1, -0.05) is 12.8 Å². The summed E-state index contributed by atoms with van der Waals surface area (Å²) in [5.74, 6) is -1.24. The van der Waals surface area contributed by atoms with Gasteiger partial charge in [0.15, 0.2) is 0 Å². The van der Waals surface area contributed by atoms with Crippen molar-refractivity contribution in [2.75, 3.05) is 5.32 Å². The van der Waals surface area contributed by atoms with Crippen LogP contribution in [0, 0.1) is 12.8 Å². The molecule has 1 heterocycles. The molecule has 2 rings (SSSR count). The maximum Gasteiger partial charge on any atom is 0.393 e. The standard InChI is InChI=1S/C13H17F3N2/c1-9-6-7-17-8-12(9)18-11-5-3-2-4-10(11)13(14,15)16/h6-8,10-11,18H,2-5H2,1H3. The first-order valence-electron chi connectivity index (χ1n) is 6.22. The van der Waals surface area contributed by atoms with Crippen LogP contribution < -0.4 is 5.32 Å². The molecule has 1 aromatic heterocycles. The summed E-state index contributed by atoms with van der Waals surface area (Å²) >= 11 is 0. The first kappa shape index (κ1) is 13.2. The van der Waals surface area contributed by atoms with Gasteiger partial charge >= 0.3 is 6.18 Å². The fourth-order valence-corrected chi connectivity index (χ4v) is 2.51. The molecule has 0 aromatic carbocycles. The van der Waals surface area contributed by atoms with Crippen LogP contribution in [-0.2, 0) is 0 Å². The van der Waals surface area contributed by atoms with Crippen molar-refractivity contribution in [3.63, 3.8) is 0 Å². The Morgan fingerprint density at radius 2 is 2.00 bits per heavy atom. The second-order valence-corrected chi connectivity index (χ2v) is 4.87. The highest BCUT2D eigenvalue weighted by atomic mass is 19.4. The van der Waals surface area contributed by atoms with E-state index in [0.717, 1.165) is 12.0 Å². The third-order valence-electron chi connectivity index (χ3n) is 3.57. The van der Waals surface area contributed by atoms with Crippen LogP contribution in [-0.4, -0.2) is 17.2 Å². The monoisotopic (exact) mass is 258 g/mol. The molecule has 5 heteroatoms. The van der Waals surface area contributed by atoms with Gasteiger partial charge in [0.2, 0.25) is 0 Å². The lowest BCUT2D eigenvalue weighted by Gasteiger charge is -2.34. The molecule has 1 saturated carbocycles. The van der Waals surface area contributed by atoms with Gasteiger partial charge in [-0.05, 0) is 31.4 Å². The number of nitrogens with one attached hydrogen (secondary N) is 1. The topological polar surface area (TPSA) is 24.9 Å². The van der Waals surface area contributed by atoms with E-state index in [9.17, 15) is 13.2 Å². The fraction of sp³-hybridized carbons (Fsp3) is 0.615. The lowest BCUT2D eigenvalue weighted by Crippen LogP contribution is -2.41. The largest absolute Gasteiger partial charge is 0.393 e. The number of halogens is 3. The Morgan fingerprint density at radius 1 is 1.28 bits per heavy atom. The summed E-state index contributed by atoms with van der Waals surface area (Å²) in [7, 11) is 0. The number of hydrogen-bond acceptors (Lipinski definition) is 2. The Balaban J connectivity index is 2.13. The summed E-state index contributed by atoms with van der Waals surface area (Å²) < 4.78 is 38.8. The molecule has 1 aromatic rings. The number of aryl methyl sites for hydroxylation is 1. The second kappa shape index (κ2) is 5.16. The van der Waals surface area contributed by atoms with E-state index in [1.54, 1.807) is 18.5 Å². The van der Waals surface area contributed by atoms with Gasteiger partial charge in [0.05, 0.1) is 17.8 Å². The molecule has 1 fully saturated rings. The molecule has 0 radical (unpaired) electrons. The molecule has 2 unspecified atom stereocenters. The number of rotatable bonds is 2. The van der Waals surface area contributed by atoms with Gasteiger partial charge in [0, 0.05) is 12.2 Å². The van der Waals surface area contributed by atoms with Gasteiger partial charge in [0.1, 0.15) is 0 Å². The molecule has 100 valence electrons. The molecular weight excluding hydrogens is 241 g/mol. The molecule has 1 aliphatic carbocycles. The van der Waals surface area contributed by atoms with Gasteiger partial charge in [-0.3, -0.25) is 4.98 Å². The van der Waals surface area contributed by atoms with E-state index in [-0.39, 0.29) is 6.42 Å². The van der Waals surface area contributed by atoms with Crippen molar-refractivity contribution in [3.05, 3.63) is 24.0 Å². The minimum absolute atomic E-state index is 0.223. The highest BCUT2D eigenvalue weighted by Crippen LogP contribution is 2.39. The van der Waals surface area contributed by atoms with Crippen LogP contribution >= 0.6 is 0 Å². The van der Waals surface area contributed by atoms with Crippen molar-refractivity contribution in [1.29, 1.82) is 0 Å². The van der Waals surface area contributed by atoms with Crippen LogP contribution in [0.25, 0.3) is 0 Å². The van der Waals surface area contributed by atoms with Gasteiger partial charge in [-0.25, -0.2) is 0 Å². The molecule has 0 amide bonds. The third kappa shape index (κ3) is 2.94. The number of alkyl halides is 3. The zero-order valence-corrected chi connectivity index (χ0v) is 10.3. The highest BCUT2D eigenvalue weighted by molar-refractivity contribution is 5.48. The van der Waals surface area contributed by atoms with E-state index in [1.165, 1.54) is 0 Å². The predicted octanol–water partition coefficient (Wildman–Crippen LogP) is 3.92. The second-order valence-electron chi connectivity index (χ2n) is 4.87. The van der Waals surface area contributed by atoms with Gasteiger partial charge in [-0.15, -0.1) is 0 Å². The van der Waals surface area contributed by atoms with Gasteiger partial charge < -0.3 is 5.32 Å². The molecule has 1 N–H and O–H groups in total. The van der Waals surface area contributed by atoms with E-state index < -0.39 is 18.1 Å². The molecule has 18 heavy (non-hydrogen) atoms. The number of anilines is 1. The van der Waals surface area contributed by atoms with Crippen molar-refractivity contribution in [1.82, 2.24) is 4.98 Å².